The summed E-state index contributed by atoms with van der Waals surface area (Å²) in [6, 6.07) is 1.94. The summed E-state index contributed by atoms with van der Waals surface area (Å²) in [6.07, 6.45) is 0.710. The summed E-state index contributed by atoms with van der Waals surface area (Å²) in [6.45, 7) is 1.95. The topological polar surface area (TPSA) is 53.7 Å². The second-order valence-corrected chi connectivity index (χ2v) is 4.59. The molecule has 4 nitrogen and oxygen atoms in total. The lowest BCUT2D eigenvalue weighted by atomic mass is 10.1. The van der Waals surface area contributed by atoms with Gasteiger partial charge in [-0.25, -0.2) is 0 Å². The van der Waals surface area contributed by atoms with E-state index < -0.39 is 0 Å². The van der Waals surface area contributed by atoms with Crippen LogP contribution in [-0.2, 0) is 6.42 Å². The van der Waals surface area contributed by atoms with Crippen molar-refractivity contribution in [3.05, 3.63) is 16.1 Å². The fourth-order valence-corrected chi connectivity index (χ4v) is 2.48. The first-order chi connectivity index (χ1) is 8.04. The molecule has 0 radical (unpaired) electrons. The van der Waals surface area contributed by atoms with Gasteiger partial charge in [-0.1, -0.05) is 0 Å². The Morgan fingerprint density at radius 3 is 2.18 bits per heavy atom. The molecule has 1 rings (SSSR count). The third-order valence-corrected chi connectivity index (χ3v) is 3.11. The van der Waals surface area contributed by atoms with Crippen LogP contribution in [0.3, 0.4) is 0 Å². The van der Waals surface area contributed by atoms with E-state index in [-0.39, 0.29) is 6.04 Å². The molecule has 1 aromatic carbocycles. The Morgan fingerprint density at radius 2 is 1.76 bits per heavy atom. The maximum absolute atomic E-state index is 5.82. The molecule has 0 aliphatic heterocycles. The van der Waals surface area contributed by atoms with Crippen LogP contribution in [0.1, 0.15) is 12.5 Å². The predicted molar refractivity (Wildman–Crippen MR) is 71.2 cm³/mol. The molecule has 1 atom stereocenters. The number of methoxy groups -OCH3 is 3. The van der Waals surface area contributed by atoms with Gasteiger partial charge >= 0.3 is 0 Å². The van der Waals surface area contributed by atoms with Crippen LogP contribution in [0.25, 0.3) is 0 Å². The molecule has 0 bridgehead atoms. The summed E-state index contributed by atoms with van der Waals surface area (Å²) in [5, 5.41) is 0. The fraction of sp³-hybridized carbons (Fsp3) is 0.500. The van der Waals surface area contributed by atoms with Crippen molar-refractivity contribution < 1.29 is 14.2 Å². The van der Waals surface area contributed by atoms with E-state index in [0.717, 1.165) is 15.8 Å². The number of nitrogens with two attached hydrogens (primary N) is 1. The first-order valence-electron chi connectivity index (χ1n) is 5.28. The highest BCUT2D eigenvalue weighted by Gasteiger charge is 2.19. The predicted octanol–water partition coefficient (Wildman–Crippen LogP) is 2.36. The monoisotopic (exact) mass is 303 g/mol. The molecule has 0 saturated heterocycles. The van der Waals surface area contributed by atoms with Gasteiger partial charge in [0.15, 0.2) is 11.5 Å². The molecule has 0 saturated carbocycles. The van der Waals surface area contributed by atoms with Crippen LogP contribution >= 0.6 is 15.9 Å². The standard InChI is InChI=1S/C12H18BrNO3/c1-7(14)5-8-6-9(15-2)12(17-4)10(13)11(8)16-3/h6-7H,5,14H2,1-4H3. The van der Waals surface area contributed by atoms with E-state index in [1.54, 1.807) is 21.3 Å². The molecule has 2 N–H and O–H groups in total. The highest BCUT2D eigenvalue weighted by molar-refractivity contribution is 9.10. The summed E-state index contributed by atoms with van der Waals surface area (Å²) >= 11 is 3.46. The molecule has 1 unspecified atom stereocenters. The lowest BCUT2D eigenvalue weighted by molar-refractivity contribution is 0.344. The van der Waals surface area contributed by atoms with Gasteiger partial charge in [0.1, 0.15) is 10.2 Å². The van der Waals surface area contributed by atoms with Gasteiger partial charge in [0.2, 0.25) is 0 Å². The van der Waals surface area contributed by atoms with Crippen molar-refractivity contribution in [3.8, 4) is 17.2 Å². The van der Waals surface area contributed by atoms with Crippen molar-refractivity contribution >= 4 is 15.9 Å². The Bertz CT molecular complexity index is 394. The van der Waals surface area contributed by atoms with Crippen molar-refractivity contribution in [2.24, 2.45) is 5.73 Å². The number of hydrogen-bond donors (Lipinski definition) is 1. The molecule has 0 aliphatic carbocycles. The zero-order valence-electron chi connectivity index (χ0n) is 10.5. The van der Waals surface area contributed by atoms with Crippen LogP contribution < -0.4 is 19.9 Å². The number of hydrogen-bond acceptors (Lipinski definition) is 4. The Labute approximate surface area is 110 Å². The molecule has 96 valence electrons. The van der Waals surface area contributed by atoms with Gasteiger partial charge in [-0.15, -0.1) is 0 Å². The molecule has 0 spiro atoms. The maximum atomic E-state index is 5.82. The van der Waals surface area contributed by atoms with Gasteiger partial charge in [0.05, 0.1) is 21.3 Å². The zero-order chi connectivity index (χ0) is 13.0. The fourth-order valence-electron chi connectivity index (χ4n) is 1.70. The Hall–Kier alpha value is -0.940. The van der Waals surface area contributed by atoms with E-state index in [2.05, 4.69) is 15.9 Å². The molecule has 0 amide bonds. The van der Waals surface area contributed by atoms with Crippen LogP contribution in [0.4, 0.5) is 0 Å². The Kier molecular flexibility index (Phi) is 5.08. The van der Waals surface area contributed by atoms with Gasteiger partial charge in [-0.2, -0.15) is 0 Å². The summed E-state index contributed by atoms with van der Waals surface area (Å²) in [5.41, 5.74) is 6.81. The minimum atomic E-state index is 0.0499. The molecular weight excluding hydrogens is 286 g/mol. The molecule has 0 aromatic heterocycles. The lowest BCUT2D eigenvalue weighted by Gasteiger charge is -2.17. The summed E-state index contributed by atoms with van der Waals surface area (Å²) < 4.78 is 16.7. The van der Waals surface area contributed by atoms with E-state index in [4.69, 9.17) is 19.9 Å². The van der Waals surface area contributed by atoms with Crippen molar-refractivity contribution in [1.82, 2.24) is 0 Å². The van der Waals surface area contributed by atoms with E-state index in [1.807, 2.05) is 13.0 Å². The third-order valence-electron chi connectivity index (χ3n) is 2.39. The molecule has 0 heterocycles. The van der Waals surface area contributed by atoms with Gasteiger partial charge in [0, 0.05) is 11.6 Å². The Balaban J connectivity index is 3.34. The summed E-state index contributed by atoms with van der Waals surface area (Å²) in [4.78, 5) is 0. The average molecular weight is 304 g/mol. The van der Waals surface area contributed by atoms with E-state index in [9.17, 15) is 0 Å². The maximum Gasteiger partial charge on any atom is 0.178 e. The number of halogens is 1. The van der Waals surface area contributed by atoms with Crippen LogP contribution in [0.5, 0.6) is 17.2 Å². The zero-order valence-corrected chi connectivity index (χ0v) is 12.1. The first kappa shape index (κ1) is 14.1. The number of benzene rings is 1. The average Bonchev–Trinajstić information content (AvgIpc) is 2.28. The molecule has 0 aliphatic rings. The van der Waals surface area contributed by atoms with Crippen LogP contribution in [0, 0.1) is 0 Å². The van der Waals surface area contributed by atoms with E-state index >= 15 is 0 Å². The van der Waals surface area contributed by atoms with Gasteiger partial charge in [0.25, 0.3) is 0 Å². The van der Waals surface area contributed by atoms with E-state index in [1.165, 1.54) is 0 Å². The summed E-state index contributed by atoms with van der Waals surface area (Å²) in [7, 11) is 4.82. The van der Waals surface area contributed by atoms with E-state index in [0.29, 0.717) is 17.9 Å². The van der Waals surface area contributed by atoms with Crippen molar-refractivity contribution in [1.29, 1.82) is 0 Å². The number of ether oxygens (including phenoxy) is 3. The SMILES string of the molecule is COc1cc(CC(C)N)c(OC)c(Br)c1OC. The van der Waals surface area contributed by atoms with Gasteiger partial charge in [-0.3, -0.25) is 0 Å². The summed E-state index contributed by atoms with van der Waals surface area (Å²) in [5.74, 6) is 2.02. The largest absolute Gasteiger partial charge is 0.495 e. The highest BCUT2D eigenvalue weighted by Crippen LogP contribution is 2.44. The first-order valence-corrected chi connectivity index (χ1v) is 6.07. The van der Waals surface area contributed by atoms with Crippen LogP contribution in [-0.4, -0.2) is 27.4 Å². The normalized spacial score (nSPS) is 12.1. The van der Waals surface area contributed by atoms with Gasteiger partial charge in [-0.05, 0) is 35.3 Å². The second-order valence-electron chi connectivity index (χ2n) is 3.80. The highest BCUT2D eigenvalue weighted by atomic mass is 79.9. The molecular formula is C12H18BrNO3. The minimum Gasteiger partial charge on any atom is -0.495 e. The third kappa shape index (κ3) is 3.04. The quantitative estimate of drug-likeness (QED) is 0.907. The van der Waals surface area contributed by atoms with Crippen molar-refractivity contribution in [2.75, 3.05) is 21.3 Å². The molecule has 17 heavy (non-hydrogen) atoms. The molecule has 5 heteroatoms. The van der Waals surface area contributed by atoms with Crippen molar-refractivity contribution in [2.45, 2.75) is 19.4 Å². The van der Waals surface area contributed by atoms with Crippen LogP contribution in [0.15, 0.2) is 10.5 Å². The molecule has 0 fully saturated rings. The lowest BCUT2D eigenvalue weighted by Crippen LogP contribution is -2.18. The molecule has 1 aromatic rings. The van der Waals surface area contributed by atoms with Crippen LogP contribution in [0.2, 0.25) is 0 Å². The number of rotatable bonds is 5. The second kappa shape index (κ2) is 6.12. The Morgan fingerprint density at radius 1 is 1.18 bits per heavy atom. The van der Waals surface area contributed by atoms with Gasteiger partial charge < -0.3 is 19.9 Å². The minimum absolute atomic E-state index is 0.0499. The van der Waals surface area contributed by atoms with Crippen molar-refractivity contribution in [3.63, 3.8) is 0 Å². The smallest absolute Gasteiger partial charge is 0.178 e.